The van der Waals surface area contributed by atoms with Crippen LogP contribution in [0.3, 0.4) is 0 Å². The van der Waals surface area contributed by atoms with Crippen LogP contribution in [0, 0.1) is 20.8 Å². The van der Waals surface area contributed by atoms with Crippen molar-refractivity contribution in [1.29, 1.82) is 0 Å². The fourth-order valence-corrected chi connectivity index (χ4v) is 6.53. The van der Waals surface area contributed by atoms with Crippen molar-refractivity contribution in [2.75, 3.05) is 39.4 Å². The van der Waals surface area contributed by atoms with Crippen molar-refractivity contribution in [3.63, 3.8) is 0 Å². The first-order valence-electron chi connectivity index (χ1n) is 15.7. The van der Waals surface area contributed by atoms with Crippen molar-refractivity contribution in [2.24, 2.45) is 0 Å². The predicted molar refractivity (Wildman–Crippen MR) is 177 cm³/mol. The Morgan fingerprint density at radius 2 is 1.69 bits per heavy atom. The van der Waals surface area contributed by atoms with Crippen LogP contribution in [0.25, 0.3) is 17.2 Å². The van der Waals surface area contributed by atoms with Gasteiger partial charge in [0.25, 0.3) is 0 Å². The lowest BCUT2D eigenvalue weighted by Crippen LogP contribution is -2.36. The summed E-state index contributed by atoms with van der Waals surface area (Å²) in [5.74, 6) is 0.759. The number of halogens is 1. The van der Waals surface area contributed by atoms with Crippen molar-refractivity contribution in [3.8, 4) is 16.9 Å². The predicted octanol–water partition coefficient (Wildman–Crippen LogP) is 8.62. The van der Waals surface area contributed by atoms with Crippen LogP contribution in [-0.2, 0) is 17.9 Å². The maximum atomic E-state index is 6.76. The maximum Gasteiger partial charge on any atom is 0.138 e. The number of aryl methyl sites for hydroxylation is 1. The van der Waals surface area contributed by atoms with Crippen LogP contribution in [0.5, 0.6) is 5.75 Å². The van der Waals surface area contributed by atoms with Gasteiger partial charge in [0.2, 0.25) is 0 Å². The van der Waals surface area contributed by atoms with Gasteiger partial charge in [0.05, 0.1) is 18.2 Å². The summed E-state index contributed by atoms with van der Waals surface area (Å²) in [7, 11) is 0. The summed E-state index contributed by atoms with van der Waals surface area (Å²) >= 11 is 6.76. The number of nitrogens with zero attached hydrogens (tertiary/aromatic N) is 2. The summed E-state index contributed by atoms with van der Waals surface area (Å²) in [6, 6.07) is 18.0. The van der Waals surface area contributed by atoms with Gasteiger partial charge in [0.15, 0.2) is 0 Å². The van der Waals surface area contributed by atoms with Gasteiger partial charge in [0, 0.05) is 32.2 Å². The van der Waals surface area contributed by atoms with Gasteiger partial charge >= 0.3 is 0 Å². The summed E-state index contributed by atoms with van der Waals surface area (Å²) in [6.45, 7) is 16.4. The Hall–Kier alpha value is -2.63. The highest BCUT2D eigenvalue weighted by Crippen LogP contribution is 2.33. The molecule has 2 fully saturated rings. The number of benzene rings is 3. The number of hydrogen-bond donors (Lipinski definition) is 0. The highest BCUT2D eigenvalue weighted by molar-refractivity contribution is 6.32. The Balaban J connectivity index is 1.25. The van der Waals surface area contributed by atoms with Gasteiger partial charge in [-0.3, -0.25) is 9.80 Å². The number of likely N-dealkylation sites (tertiary alicyclic amines) is 1. The molecule has 42 heavy (non-hydrogen) atoms. The summed E-state index contributed by atoms with van der Waals surface area (Å²) in [5, 5.41) is 0.693. The molecule has 0 unspecified atom stereocenters. The summed E-state index contributed by atoms with van der Waals surface area (Å²) < 4.78 is 11.8. The minimum Gasteiger partial charge on any atom is -0.487 e. The van der Waals surface area contributed by atoms with Crippen LogP contribution in [0.1, 0.15) is 66.0 Å². The quantitative estimate of drug-likeness (QED) is 0.237. The van der Waals surface area contributed by atoms with Crippen molar-refractivity contribution >= 4 is 17.7 Å². The van der Waals surface area contributed by atoms with E-state index in [9.17, 15) is 0 Å². The van der Waals surface area contributed by atoms with Crippen LogP contribution in [0.4, 0.5) is 0 Å². The molecule has 2 heterocycles. The maximum absolute atomic E-state index is 6.76. The molecule has 0 saturated carbocycles. The molecule has 0 aromatic heterocycles. The molecule has 2 saturated heterocycles. The first kappa shape index (κ1) is 30.8. The minimum absolute atomic E-state index is 0.488. The monoisotopic (exact) mass is 586 g/mol. The summed E-state index contributed by atoms with van der Waals surface area (Å²) in [6.07, 6.45) is 9.54. The second-order valence-corrected chi connectivity index (χ2v) is 12.5. The summed E-state index contributed by atoms with van der Waals surface area (Å²) in [5.41, 5.74) is 10.1. The zero-order valence-electron chi connectivity index (χ0n) is 25.9. The molecule has 0 radical (unpaired) electrons. The third kappa shape index (κ3) is 7.65. The molecule has 3 aromatic carbocycles. The van der Waals surface area contributed by atoms with Crippen LogP contribution in [-0.4, -0.2) is 55.2 Å². The molecular weight excluding hydrogens is 540 g/mol. The van der Waals surface area contributed by atoms with E-state index in [1.165, 1.54) is 70.3 Å². The van der Waals surface area contributed by atoms with Gasteiger partial charge in [-0.25, -0.2) is 0 Å². The Kier molecular flexibility index (Phi) is 10.8. The average molecular weight is 587 g/mol. The third-order valence-electron chi connectivity index (χ3n) is 9.21. The van der Waals surface area contributed by atoms with E-state index in [-0.39, 0.29) is 0 Å². The molecule has 0 bridgehead atoms. The topological polar surface area (TPSA) is 24.9 Å². The Bertz CT molecular complexity index is 1380. The molecule has 3 aromatic rings. The van der Waals surface area contributed by atoms with Gasteiger partial charge in [-0.05, 0) is 110 Å². The van der Waals surface area contributed by atoms with E-state index >= 15 is 0 Å². The fourth-order valence-electron chi connectivity index (χ4n) is 6.29. The Morgan fingerprint density at radius 1 is 0.929 bits per heavy atom. The zero-order valence-corrected chi connectivity index (χ0v) is 26.7. The first-order valence-corrected chi connectivity index (χ1v) is 16.1. The minimum atomic E-state index is 0.488. The fraction of sp³-hybridized carbons (Fsp3) is 0.459. The van der Waals surface area contributed by atoms with Crippen LogP contribution >= 0.6 is 11.6 Å². The van der Waals surface area contributed by atoms with E-state index < -0.39 is 0 Å². The van der Waals surface area contributed by atoms with Gasteiger partial charge in [-0.15, -0.1) is 0 Å². The van der Waals surface area contributed by atoms with Crippen molar-refractivity contribution < 1.29 is 9.47 Å². The molecule has 0 amide bonds. The average Bonchev–Trinajstić information content (AvgIpc) is 2.99. The van der Waals surface area contributed by atoms with Crippen LogP contribution < -0.4 is 4.74 Å². The number of morpholine rings is 1. The van der Waals surface area contributed by atoms with Gasteiger partial charge in [-0.1, -0.05) is 66.6 Å². The van der Waals surface area contributed by atoms with Gasteiger partial charge in [0.1, 0.15) is 12.4 Å². The lowest BCUT2D eigenvalue weighted by Gasteiger charge is -2.33. The molecule has 2 aliphatic heterocycles. The molecule has 1 atom stereocenters. The largest absolute Gasteiger partial charge is 0.487 e. The number of piperidine rings is 1. The Morgan fingerprint density at radius 3 is 2.48 bits per heavy atom. The van der Waals surface area contributed by atoms with E-state index in [0.717, 1.165) is 51.6 Å². The molecule has 0 N–H and O–H groups in total. The second kappa shape index (κ2) is 14.7. The molecule has 0 spiro atoms. The highest BCUT2D eigenvalue weighted by Gasteiger charge is 2.20. The third-order valence-corrected chi connectivity index (χ3v) is 9.51. The molecule has 224 valence electrons. The van der Waals surface area contributed by atoms with Crippen molar-refractivity contribution in [2.45, 2.75) is 72.6 Å². The van der Waals surface area contributed by atoms with Gasteiger partial charge in [-0.2, -0.15) is 0 Å². The van der Waals surface area contributed by atoms with Gasteiger partial charge < -0.3 is 9.47 Å². The lowest BCUT2D eigenvalue weighted by atomic mass is 9.91. The summed E-state index contributed by atoms with van der Waals surface area (Å²) in [4.78, 5) is 5.06. The first-order chi connectivity index (χ1) is 20.4. The second-order valence-electron chi connectivity index (χ2n) is 12.1. The van der Waals surface area contributed by atoms with Crippen LogP contribution in [0.2, 0.25) is 5.02 Å². The van der Waals surface area contributed by atoms with E-state index in [4.69, 9.17) is 21.1 Å². The van der Waals surface area contributed by atoms with E-state index in [2.05, 4.69) is 98.2 Å². The van der Waals surface area contributed by atoms with Crippen molar-refractivity contribution in [1.82, 2.24) is 9.80 Å². The number of hydrogen-bond acceptors (Lipinski definition) is 4. The van der Waals surface area contributed by atoms with E-state index in [1.54, 1.807) is 0 Å². The van der Waals surface area contributed by atoms with Crippen LogP contribution in [0.15, 0.2) is 54.6 Å². The molecule has 5 rings (SSSR count). The standard InChI is InChI=1S/C37H47ClN2O2/c1-27-23-37(36(38)24-33(27)25-40-18-8-5-11-28(40)2)42-26-32-14-10-16-35(30(32)4)34-15-9-13-31(29(34)3)12-6-7-17-39-19-21-41-22-20-39/h6,9-10,12-16,23-24,28H,5,7-8,11,17-22,25-26H2,1-4H3/b12-6+/t28-/m1/s1. The molecule has 5 heteroatoms. The normalized spacial score (nSPS) is 18.5. The van der Waals surface area contributed by atoms with E-state index in [1.807, 2.05) is 0 Å². The molecule has 0 aliphatic carbocycles. The number of ether oxygens (including phenoxy) is 2. The van der Waals surface area contributed by atoms with Crippen molar-refractivity contribution in [3.05, 3.63) is 93.0 Å². The molecule has 4 nitrogen and oxygen atoms in total. The molecule has 2 aliphatic rings. The smallest absolute Gasteiger partial charge is 0.138 e. The number of rotatable bonds is 10. The van der Waals surface area contributed by atoms with E-state index in [0.29, 0.717) is 17.7 Å². The highest BCUT2D eigenvalue weighted by atomic mass is 35.5. The SMILES string of the molecule is Cc1cc(OCc2cccc(-c3cccc(/C=C/CCN4CCOCC4)c3C)c2C)c(Cl)cc1CN1CCCC[C@H]1C. The zero-order chi connectivity index (χ0) is 29.5. The Labute approximate surface area is 258 Å². The molecular formula is C37H47ClN2O2. The lowest BCUT2D eigenvalue weighted by molar-refractivity contribution is 0.0387.